The molecule has 0 unspecified atom stereocenters. The van der Waals surface area contributed by atoms with Gasteiger partial charge in [-0.1, -0.05) is 50.5 Å². The highest BCUT2D eigenvalue weighted by Gasteiger charge is 1.94. The molecule has 0 saturated carbocycles. The highest BCUT2D eigenvalue weighted by Crippen LogP contribution is 2.02. The van der Waals surface area contributed by atoms with Crippen LogP contribution in [-0.4, -0.2) is 25.0 Å². The zero-order valence-electron chi connectivity index (χ0n) is 10.9. The van der Waals surface area contributed by atoms with E-state index in [1.807, 2.05) is 0 Å². The second-order valence-corrected chi connectivity index (χ2v) is 4.09. The van der Waals surface area contributed by atoms with Crippen molar-refractivity contribution >= 4 is 0 Å². The van der Waals surface area contributed by atoms with Gasteiger partial charge in [-0.25, -0.2) is 0 Å². The number of nitrogens with zero attached hydrogens (tertiary/aromatic N) is 1. The van der Waals surface area contributed by atoms with E-state index in [4.69, 9.17) is 0 Å². The molecule has 0 radical (unpaired) electrons. The zero-order valence-corrected chi connectivity index (χ0v) is 10.9. The van der Waals surface area contributed by atoms with Crippen molar-refractivity contribution in [2.24, 2.45) is 0 Å². The Hall–Kier alpha value is -0.560. The fourth-order valence-corrected chi connectivity index (χ4v) is 1.53. The van der Waals surface area contributed by atoms with Gasteiger partial charge in [-0.05, 0) is 33.4 Å². The molecule has 0 bridgehead atoms. The fourth-order valence-electron chi connectivity index (χ4n) is 1.53. The Morgan fingerprint density at radius 1 is 1.20 bits per heavy atom. The van der Waals surface area contributed by atoms with Crippen molar-refractivity contribution in [3.05, 3.63) is 23.8 Å². The summed E-state index contributed by atoms with van der Waals surface area (Å²) in [6.45, 7) is 8.84. The maximum absolute atomic E-state index is 2.38. The minimum atomic E-state index is 1.07. The lowest BCUT2D eigenvalue weighted by Gasteiger charge is -2.13. The van der Waals surface area contributed by atoms with Crippen molar-refractivity contribution in [2.45, 2.75) is 46.5 Å². The van der Waals surface area contributed by atoms with Gasteiger partial charge in [-0.3, -0.25) is 0 Å². The third kappa shape index (κ3) is 8.44. The molecule has 0 aliphatic rings. The van der Waals surface area contributed by atoms with Gasteiger partial charge in [0.2, 0.25) is 0 Å². The minimum Gasteiger partial charge on any atom is -0.303 e. The van der Waals surface area contributed by atoms with Gasteiger partial charge < -0.3 is 4.90 Å². The van der Waals surface area contributed by atoms with Gasteiger partial charge in [0.25, 0.3) is 0 Å². The van der Waals surface area contributed by atoms with Crippen LogP contribution in [0.5, 0.6) is 0 Å². The normalized spacial score (nSPS) is 13.0. The van der Waals surface area contributed by atoms with E-state index in [9.17, 15) is 0 Å². The average Bonchev–Trinajstić information content (AvgIpc) is 2.25. The third-order valence-corrected chi connectivity index (χ3v) is 2.67. The molecule has 0 saturated heterocycles. The van der Waals surface area contributed by atoms with Crippen LogP contribution in [0, 0.1) is 0 Å². The number of unbranched alkanes of at least 4 members (excludes halogenated alkanes) is 2. The second-order valence-electron chi connectivity index (χ2n) is 4.09. The van der Waals surface area contributed by atoms with Gasteiger partial charge in [0, 0.05) is 6.54 Å². The fraction of sp³-hybridized carbons (Fsp3) is 0.714. The smallest absolute Gasteiger partial charge is 0.0163 e. The number of hydrogen-bond donors (Lipinski definition) is 0. The Morgan fingerprint density at radius 3 is 2.47 bits per heavy atom. The molecule has 0 atom stereocenters. The average molecular weight is 209 g/mol. The predicted molar refractivity (Wildman–Crippen MR) is 70.2 cm³/mol. The van der Waals surface area contributed by atoms with E-state index >= 15 is 0 Å². The molecule has 0 aromatic rings. The second kappa shape index (κ2) is 9.97. The first-order chi connectivity index (χ1) is 7.24. The first-order valence-electron chi connectivity index (χ1n) is 6.24. The molecule has 15 heavy (non-hydrogen) atoms. The molecule has 0 rings (SSSR count). The molecule has 0 aliphatic heterocycles. The Morgan fingerprint density at radius 2 is 1.93 bits per heavy atom. The summed E-state index contributed by atoms with van der Waals surface area (Å²) in [5.41, 5.74) is 1.43. The summed E-state index contributed by atoms with van der Waals surface area (Å²) < 4.78 is 0. The van der Waals surface area contributed by atoms with Crippen LogP contribution in [0.25, 0.3) is 0 Å². The molecule has 0 fully saturated rings. The molecular formula is C14H27N. The van der Waals surface area contributed by atoms with Gasteiger partial charge >= 0.3 is 0 Å². The van der Waals surface area contributed by atoms with Crippen molar-refractivity contribution in [1.82, 2.24) is 4.90 Å². The van der Waals surface area contributed by atoms with E-state index in [0.29, 0.717) is 0 Å². The molecule has 0 aliphatic carbocycles. The Kier molecular flexibility index (Phi) is 9.60. The first kappa shape index (κ1) is 14.4. The SMILES string of the molecule is C/C=C(\C=C/CN(C)CCCCC)CC. The lowest BCUT2D eigenvalue weighted by atomic mass is 10.2. The van der Waals surface area contributed by atoms with E-state index in [2.05, 4.69) is 50.9 Å². The molecule has 0 spiro atoms. The Balaban J connectivity index is 3.64. The summed E-state index contributed by atoms with van der Waals surface area (Å²) in [5, 5.41) is 0. The Labute approximate surface area is 95.9 Å². The maximum atomic E-state index is 2.38. The van der Waals surface area contributed by atoms with Crippen LogP contribution in [0.2, 0.25) is 0 Å². The van der Waals surface area contributed by atoms with Gasteiger partial charge in [-0.15, -0.1) is 0 Å². The van der Waals surface area contributed by atoms with Crippen LogP contribution < -0.4 is 0 Å². The third-order valence-electron chi connectivity index (χ3n) is 2.67. The monoisotopic (exact) mass is 209 g/mol. The summed E-state index contributed by atoms with van der Waals surface area (Å²) in [7, 11) is 2.20. The van der Waals surface area contributed by atoms with Crippen LogP contribution in [0.3, 0.4) is 0 Å². The molecule has 1 nitrogen and oxygen atoms in total. The lowest BCUT2D eigenvalue weighted by molar-refractivity contribution is 0.358. The summed E-state index contributed by atoms with van der Waals surface area (Å²) in [6, 6.07) is 0. The standard InChI is InChI=1S/C14H27N/c1-5-8-9-12-15(4)13-10-11-14(6-2)7-3/h6,10-11H,5,7-9,12-13H2,1-4H3/b11-10-,14-6-. The Bertz CT molecular complexity index is 192. The highest BCUT2D eigenvalue weighted by molar-refractivity contribution is 5.17. The number of allylic oxidation sites excluding steroid dienone is 3. The van der Waals surface area contributed by atoms with Crippen molar-refractivity contribution in [3.8, 4) is 0 Å². The molecule has 88 valence electrons. The van der Waals surface area contributed by atoms with Crippen LogP contribution in [0.15, 0.2) is 23.8 Å². The molecular weight excluding hydrogens is 182 g/mol. The minimum absolute atomic E-state index is 1.07. The summed E-state index contributed by atoms with van der Waals surface area (Å²) >= 11 is 0. The molecule has 1 heteroatoms. The van der Waals surface area contributed by atoms with Crippen LogP contribution >= 0.6 is 0 Å². The van der Waals surface area contributed by atoms with Crippen LogP contribution in [0.4, 0.5) is 0 Å². The predicted octanol–water partition coefficient (Wildman–Crippen LogP) is 4.02. The zero-order chi connectivity index (χ0) is 11.5. The first-order valence-corrected chi connectivity index (χ1v) is 6.24. The van der Waals surface area contributed by atoms with Gasteiger partial charge in [-0.2, -0.15) is 0 Å². The summed E-state index contributed by atoms with van der Waals surface area (Å²) in [6.07, 6.45) is 11.8. The van der Waals surface area contributed by atoms with E-state index in [-0.39, 0.29) is 0 Å². The maximum Gasteiger partial charge on any atom is 0.0163 e. The summed E-state index contributed by atoms with van der Waals surface area (Å²) in [4.78, 5) is 2.38. The van der Waals surface area contributed by atoms with Crippen LogP contribution in [0.1, 0.15) is 46.5 Å². The molecule has 0 amide bonds. The highest BCUT2D eigenvalue weighted by atomic mass is 15.1. The van der Waals surface area contributed by atoms with E-state index in [0.717, 1.165) is 13.0 Å². The quantitative estimate of drug-likeness (QED) is 0.431. The van der Waals surface area contributed by atoms with Crippen molar-refractivity contribution in [2.75, 3.05) is 20.1 Å². The summed E-state index contributed by atoms with van der Waals surface area (Å²) in [5.74, 6) is 0. The lowest BCUT2D eigenvalue weighted by Crippen LogP contribution is -2.19. The van der Waals surface area contributed by atoms with Gasteiger partial charge in [0.15, 0.2) is 0 Å². The van der Waals surface area contributed by atoms with E-state index in [1.54, 1.807) is 0 Å². The van der Waals surface area contributed by atoms with Crippen LogP contribution in [-0.2, 0) is 0 Å². The topological polar surface area (TPSA) is 3.24 Å². The van der Waals surface area contributed by atoms with E-state index in [1.165, 1.54) is 31.4 Å². The molecule has 0 aromatic heterocycles. The van der Waals surface area contributed by atoms with Crippen molar-refractivity contribution in [1.29, 1.82) is 0 Å². The number of rotatable bonds is 8. The van der Waals surface area contributed by atoms with Gasteiger partial charge in [0.1, 0.15) is 0 Å². The number of likely N-dealkylation sites (N-methyl/N-ethyl adjacent to an activating group) is 1. The number of hydrogen-bond acceptors (Lipinski definition) is 1. The van der Waals surface area contributed by atoms with Crippen molar-refractivity contribution < 1.29 is 0 Å². The van der Waals surface area contributed by atoms with E-state index < -0.39 is 0 Å². The molecule has 0 N–H and O–H groups in total. The molecule has 0 aromatic carbocycles. The molecule has 0 heterocycles. The van der Waals surface area contributed by atoms with Gasteiger partial charge in [0.05, 0.1) is 0 Å². The largest absolute Gasteiger partial charge is 0.303 e. The van der Waals surface area contributed by atoms with Crippen molar-refractivity contribution in [3.63, 3.8) is 0 Å².